The first-order valence-electron chi connectivity index (χ1n) is 8.35. The summed E-state index contributed by atoms with van der Waals surface area (Å²) in [5.41, 5.74) is 1.44. The number of nitrogens with zero attached hydrogens (tertiary/aromatic N) is 3. The van der Waals surface area contributed by atoms with Crippen molar-refractivity contribution in [1.82, 2.24) is 9.89 Å². The second-order valence-corrected chi connectivity index (χ2v) is 6.57. The Morgan fingerprint density at radius 2 is 1.80 bits per heavy atom. The number of ether oxygens (including phenoxy) is 1. The summed E-state index contributed by atoms with van der Waals surface area (Å²) in [6.07, 6.45) is 2.78. The van der Waals surface area contributed by atoms with Crippen molar-refractivity contribution in [2.45, 2.75) is 18.9 Å². The maximum absolute atomic E-state index is 11.3. The zero-order valence-corrected chi connectivity index (χ0v) is 14.4. The van der Waals surface area contributed by atoms with E-state index in [1.165, 1.54) is 0 Å². The number of aldehydes is 1. The van der Waals surface area contributed by atoms with Gasteiger partial charge < -0.3 is 4.74 Å². The molecule has 0 aliphatic carbocycles. The summed E-state index contributed by atoms with van der Waals surface area (Å²) < 4.78 is 6.04. The van der Waals surface area contributed by atoms with E-state index in [9.17, 15) is 4.79 Å². The van der Waals surface area contributed by atoms with Crippen LogP contribution in [0.25, 0.3) is 10.9 Å². The number of hydrogen-bond acceptors (Lipinski definition) is 4. The van der Waals surface area contributed by atoms with Crippen molar-refractivity contribution in [2.24, 2.45) is 0 Å². The molecule has 6 heteroatoms. The molecule has 2 aromatic carbocycles. The highest BCUT2D eigenvalue weighted by Crippen LogP contribution is 2.23. The Balaban J connectivity index is 1.47. The van der Waals surface area contributed by atoms with Gasteiger partial charge in [0.25, 0.3) is 0 Å². The molecule has 3 aromatic rings. The number of aromatic nitrogens is 2. The van der Waals surface area contributed by atoms with Crippen molar-refractivity contribution in [3.05, 3.63) is 59.2 Å². The number of carbonyl (C=O) groups excluding carboxylic acids is 1. The molecule has 1 saturated heterocycles. The van der Waals surface area contributed by atoms with Crippen LogP contribution >= 0.6 is 11.6 Å². The Kier molecular flexibility index (Phi) is 4.32. The van der Waals surface area contributed by atoms with Crippen LogP contribution in [-0.4, -0.2) is 35.4 Å². The Labute approximate surface area is 150 Å². The number of para-hydroxylation sites is 1. The molecule has 0 spiro atoms. The van der Waals surface area contributed by atoms with Gasteiger partial charge in [-0.25, -0.2) is 0 Å². The summed E-state index contributed by atoms with van der Waals surface area (Å²) in [5, 5.41) is 8.23. The summed E-state index contributed by atoms with van der Waals surface area (Å²) >= 11 is 5.91. The maximum Gasteiger partial charge on any atom is 0.171 e. The molecule has 1 aliphatic rings. The summed E-state index contributed by atoms with van der Waals surface area (Å²) in [5.74, 6) is 0.843. The second kappa shape index (κ2) is 6.76. The monoisotopic (exact) mass is 355 g/mol. The van der Waals surface area contributed by atoms with E-state index < -0.39 is 0 Å². The number of benzene rings is 2. The quantitative estimate of drug-likeness (QED) is 0.670. The lowest BCUT2D eigenvalue weighted by Crippen LogP contribution is -2.45. The number of fused-ring (bicyclic) bond motifs is 1. The fourth-order valence-electron chi connectivity index (χ4n) is 3.23. The summed E-state index contributed by atoms with van der Waals surface area (Å²) in [4.78, 5) is 13.1. The van der Waals surface area contributed by atoms with Crippen molar-refractivity contribution < 1.29 is 9.53 Å². The minimum absolute atomic E-state index is 0.171. The van der Waals surface area contributed by atoms with Crippen LogP contribution < -0.4 is 9.75 Å². The number of piperidine rings is 1. The highest BCUT2D eigenvalue weighted by atomic mass is 35.5. The van der Waals surface area contributed by atoms with Gasteiger partial charge >= 0.3 is 0 Å². The number of rotatable bonds is 4. The van der Waals surface area contributed by atoms with Gasteiger partial charge in [0.15, 0.2) is 6.29 Å². The molecule has 128 valence electrons. The molecule has 0 atom stereocenters. The largest absolute Gasteiger partial charge is 0.490 e. The number of carbonyl (C=O) groups is 1. The fraction of sp³-hybridized carbons (Fsp3) is 0.263. The number of hydrogen-bond donors (Lipinski definition) is 0. The molecule has 0 N–H and O–H groups in total. The van der Waals surface area contributed by atoms with Gasteiger partial charge in [0.1, 0.15) is 17.5 Å². The van der Waals surface area contributed by atoms with Crippen molar-refractivity contribution in [3.8, 4) is 5.75 Å². The summed E-state index contributed by atoms with van der Waals surface area (Å²) in [7, 11) is 0. The third-order valence-corrected chi connectivity index (χ3v) is 4.76. The van der Waals surface area contributed by atoms with Gasteiger partial charge in [-0.15, -0.1) is 5.10 Å². The predicted octanol–water partition coefficient (Wildman–Crippen LogP) is 3.68. The van der Waals surface area contributed by atoms with Gasteiger partial charge in [-0.1, -0.05) is 29.8 Å². The minimum atomic E-state index is 0.171. The van der Waals surface area contributed by atoms with Gasteiger partial charge in [0.05, 0.1) is 5.52 Å². The lowest BCUT2D eigenvalue weighted by Gasteiger charge is -2.33. The van der Waals surface area contributed by atoms with Crippen LogP contribution in [0.3, 0.4) is 0 Å². The van der Waals surface area contributed by atoms with E-state index in [4.69, 9.17) is 16.3 Å². The molecular weight excluding hydrogens is 338 g/mol. The third-order valence-electron chi connectivity index (χ3n) is 4.51. The molecule has 0 saturated carbocycles. The third kappa shape index (κ3) is 3.20. The van der Waals surface area contributed by atoms with E-state index in [0.717, 1.165) is 48.9 Å². The molecule has 1 fully saturated rings. The van der Waals surface area contributed by atoms with Gasteiger partial charge in [0, 0.05) is 36.3 Å². The normalized spacial score (nSPS) is 15.5. The van der Waals surface area contributed by atoms with Crippen LogP contribution in [0.15, 0.2) is 48.5 Å². The van der Waals surface area contributed by atoms with Crippen LogP contribution in [0.1, 0.15) is 23.3 Å². The average Bonchev–Trinajstić information content (AvgIpc) is 3.03. The van der Waals surface area contributed by atoms with E-state index in [2.05, 4.69) is 10.1 Å². The Hall–Kier alpha value is -2.53. The van der Waals surface area contributed by atoms with Crippen molar-refractivity contribution in [1.29, 1.82) is 0 Å². The first kappa shape index (κ1) is 16.0. The predicted molar refractivity (Wildman–Crippen MR) is 98.2 cm³/mol. The Bertz CT molecular complexity index is 883. The highest BCUT2D eigenvalue weighted by Gasteiger charge is 2.23. The molecule has 1 aliphatic heterocycles. The van der Waals surface area contributed by atoms with Crippen LogP contribution in [0.4, 0.5) is 0 Å². The molecule has 5 nitrogen and oxygen atoms in total. The second-order valence-electron chi connectivity index (χ2n) is 6.13. The molecule has 0 radical (unpaired) electrons. The molecule has 0 unspecified atom stereocenters. The van der Waals surface area contributed by atoms with Crippen molar-refractivity contribution >= 4 is 28.8 Å². The SMILES string of the molecule is O=Cc1nn(N2CCC(Oc3ccc(Cl)cc3)CC2)c2ccccc12. The highest BCUT2D eigenvalue weighted by molar-refractivity contribution is 6.30. The van der Waals surface area contributed by atoms with E-state index in [1.54, 1.807) is 0 Å². The average molecular weight is 356 g/mol. The molecule has 0 bridgehead atoms. The van der Waals surface area contributed by atoms with Crippen molar-refractivity contribution in [3.63, 3.8) is 0 Å². The number of halogens is 1. The molecule has 2 heterocycles. The van der Waals surface area contributed by atoms with Crippen molar-refractivity contribution in [2.75, 3.05) is 18.1 Å². The standard InChI is InChI=1S/C19H18ClN3O2/c20-14-5-7-15(8-6-14)25-16-9-11-22(12-10-16)23-19-4-2-1-3-17(19)18(13-24)21-23/h1-8,13,16H,9-12H2. The Morgan fingerprint density at radius 3 is 2.52 bits per heavy atom. The first-order chi connectivity index (χ1) is 12.2. The first-order valence-corrected chi connectivity index (χ1v) is 8.73. The van der Waals surface area contributed by atoms with E-state index in [0.29, 0.717) is 10.7 Å². The lowest BCUT2D eigenvalue weighted by atomic mass is 10.1. The van der Waals surface area contributed by atoms with E-state index >= 15 is 0 Å². The zero-order valence-electron chi connectivity index (χ0n) is 13.6. The van der Waals surface area contributed by atoms with E-state index in [-0.39, 0.29) is 6.10 Å². The lowest BCUT2D eigenvalue weighted by molar-refractivity contribution is 0.111. The van der Waals surface area contributed by atoms with Crippen LogP contribution in [0.5, 0.6) is 5.75 Å². The van der Waals surface area contributed by atoms with E-state index in [1.807, 2.05) is 53.3 Å². The molecule has 0 amide bonds. The smallest absolute Gasteiger partial charge is 0.171 e. The van der Waals surface area contributed by atoms with Crippen LogP contribution in [-0.2, 0) is 0 Å². The van der Waals surface area contributed by atoms with Crippen LogP contribution in [0.2, 0.25) is 5.02 Å². The molecule has 25 heavy (non-hydrogen) atoms. The summed E-state index contributed by atoms with van der Waals surface area (Å²) in [6, 6.07) is 15.3. The van der Waals surface area contributed by atoms with Gasteiger partial charge in [-0.05, 0) is 30.3 Å². The topological polar surface area (TPSA) is 47.4 Å². The molecule has 1 aromatic heterocycles. The minimum Gasteiger partial charge on any atom is -0.490 e. The Morgan fingerprint density at radius 1 is 1.08 bits per heavy atom. The zero-order chi connectivity index (χ0) is 17.2. The summed E-state index contributed by atoms with van der Waals surface area (Å²) in [6.45, 7) is 1.64. The van der Waals surface area contributed by atoms with Gasteiger partial charge in [-0.2, -0.15) is 4.79 Å². The maximum atomic E-state index is 11.3. The van der Waals surface area contributed by atoms with Crippen LogP contribution in [0, 0.1) is 0 Å². The van der Waals surface area contributed by atoms with Gasteiger partial charge in [0.2, 0.25) is 0 Å². The molecule has 4 rings (SSSR count). The fourth-order valence-corrected chi connectivity index (χ4v) is 3.36. The van der Waals surface area contributed by atoms with Gasteiger partial charge in [-0.3, -0.25) is 9.80 Å². The molecular formula is C19H18ClN3O2.